The lowest BCUT2D eigenvalue weighted by atomic mass is 9.96. The fourth-order valence-corrected chi connectivity index (χ4v) is 3.81. The Hall–Kier alpha value is -0.730. The highest BCUT2D eigenvalue weighted by Gasteiger charge is 2.33. The molecule has 0 unspecified atom stereocenters. The van der Waals surface area contributed by atoms with Gasteiger partial charge in [-0.25, -0.2) is 0 Å². The van der Waals surface area contributed by atoms with Crippen molar-refractivity contribution in [1.82, 2.24) is 15.5 Å². The zero-order valence-corrected chi connectivity index (χ0v) is 14.4. The number of amides is 1. The lowest BCUT2D eigenvalue weighted by Gasteiger charge is -2.38. The van der Waals surface area contributed by atoms with Crippen LogP contribution in [-0.4, -0.2) is 86.2 Å². The summed E-state index contributed by atoms with van der Waals surface area (Å²) < 4.78 is 11.6. The van der Waals surface area contributed by atoms with E-state index in [-0.39, 0.29) is 24.2 Å². The predicted molar refractivity (Wildman–Crippen MR) is 89.8 cm³/mol. The number of nitrogens with zero attached hydrogens (tertiary/aromatic N) is 1. The number of rotatable bonds is 5. The van der Waals surface area contributed by atoms with E-state index in [1.165, 1.54) is 12.8 Å². The highest BCUT2D eigenvalue weighted by molar-refractivity contribution is 5.76. The third-order valence-electron chi connectivity index (χ3n) is 5.19. The molecule has 1 amide bonds. The molecular formula is C17H31N3O4. The van der Waals surface area contributed by atoms with Crippen molar-refractivity contribution in [1.29, 1.82) is 0 Å². The summed E-state index contributed by atoms with van der Waals surface area (Å²) in [5.41, 5.74) is 0. The molecule has 3 saturated heterocycles. The number of nitrogens with one attached hydrogen (secondary N) is 2. The van der Waals surface area contributed by atoms with E-state index >= 15 is 0 Å². The summed E-state index contributed by atoms with van der Waals surface area (Å²) in [5, 5.41) is 16.0. The second-order valence-electron chi connectivity index (χ2n) is 7.18. The lowest BCUT2D eigenvalue weighted by Crippen LogP contribution is -2.54. The molecule has 3 aliphatic rings. The topological polar surface area (TPSA) is 83.1 Å². The van der Waals surface area contributed by atoms with Gasteiger partial charge in [-0.1, -0.05) is 0 Å². The van der Waals surface area contributed by atoms with Crippen molar-refractivity contribution in [2.45, 2.75) is 56.5 Å². The van der Waals surface area contributed by atoms with Gasteiger partial charge in [0.1, 0.15) is 0 Å². The van der Waals surface area contributed by atoms with E-state index in [0.29, 0.717) is 26.2 Å². The maximum Gasteiger partial charge on any atom is 0.222 e. The van der Waals surface area contributed by atoms with Crippen molar-refractivity contribution in [3.8, 4) is 0 Å². The molecule has 0 aromatic rings. The second kappa shape index (κ2) is 9.10. The summed E-state index contributed by atoms with van der Waals surface area (Å²) >= 11 is 0. The number of aliphatic hydroxyl groups is 1. The number of hydrogen-bond donors (Lipinski definition) is 3. The number of β-amino-alcohol motifs (C(OH)–C–C–N with tert-alkyl or cyclic N) is 1. The molecule has 3 fully saturated rings. The minimum absolute atomic E-state index is 0.0337. The molecule has 0 bridgehead atoms. The molecule has 0 spiro atoms. The number of hydrogen-bond acceptors (Lipinski definition) is 6. The second-order valence-corrected chi connectivity index (χ2v) is 7.18. The standard InChI is InChI=1S/C17H31N3O4/c21-13-10-19-15-4-3-14(24-16(15)12-23-11-13)9-17(22)18-5-8-20-6-1-2-7-20/h13-16,19,21H,1-12H2,(H,18,22)/t13-,14+,15+,16-/m1/s1. The summed E-state index contributed by atoms with van der Waals surface area (Å²) in [6.07, 6.45) is 4.27. The van der Waals surface area contributed by atoms with Crippen molar-refractivity contribution in [2.75, 3.05) is 45.9 Å². The average Bonchev–Trinajstić information content (AvgIpc) is 3.05. The Morgan fingerprint density at radius 1 is 1.25 bits per heavy atom. The van der Waals surface area contributed by atoms with Gasteiger partial charge in [0.25, 0.3) is 0 Å². The van der Waals surface area contributed by atoms with Gasteiger partial charge in [-0.05, 0) is 38.8 Å². The molecule has 138 valence electrons. The number of fused-ring (bicyclic) bond motifs is 1. The molecule has 7 nitrogen and oxygen atoms in total. The first kappa shape index (κ1) is 18.1. The van der Waals surface area contributed by atoms with Gasteiger partial charge >= 0.3 is 0 Å². The van der Waals surface area contributed by atoms with E-state index in [0.717, 1.165) is 39.0 Å². The van der Waals surface area contributed by atoms with Crippen LogP contribution in [0, 0.1) is 0 Å². The number of carbonyl (C=O) groups is 1. The van der Waals surface area contributed by atoms with Gasteiger partial charge in [0.15, 0.2) is 0 Å². The Morgan fingerprint density at radius 3 is 2.92 bits per heavy atom. The zero-order chi connectivity index (χ0) is 16.8. The minimum Gasteiger partial charge on any atom is -0.389 e. The fraction of sp³-hybridized carbons (Fsp3) is 0.941. The van der Waals surface area contributed by atoms with Crippen LogP contribution < -0.4 is 10.6 Å². The smallest absolute Gasteiger partial charge is 0.222 e. The van der Waals surface area contributed by atoms with Crippen molar-refractivity contribution in [2.24, 2.45) is 0 Å². The summed E-state index contributed by atoms with van der Waals surface area (Å²) in [7, 11) is 0. The van der Waals surface area contributed by atoms with Gasteiger partial charge in [0.05, 0.1) is 37.9 Å². The quantitative estimate of drug-likeness (QED) is 0.625. The first-order valence-electron chi connectivity index (χ1n) is 9.34. The fourth-order valence-electron chi connectivity index (χ4n) is 3.81. The van der Waals surface area contributed by atoms with Crippen LogP contribution in [0.25, 0.3) is 0 Å². The summed E-state index contributed by atoms with van der Waals surface area (Å²) in [5.74, 6) is 0.0767. The van der Waals surface area contributed by atoms with E-state index in [9.17, 15) is 9.90 Å². The van der Waals surface area contributed by atoms with Crippen LogP contribution in [0.5, 0.6) is 0 Å². The SMILES string of the molecule is O=C(C[C@@H]1CC[C@@H]2NC[C@@H](O)COC[C@H]2O1)NCCN1CCCC1. The normalized spacial score (nSPS) is 35.0. The van der Waals surface area contributed by atoms with Crippen molar-refractivity contribution >= 4 is 5.91 Å². The number of aliphatic hydroxyl groups excluding tert-OH is 1. The number of carbonyl (C=O) groups excluding carboxylic acids is 1. The van der Waals surface area contributed by atoms with E-state index in [4.69, 9.17) is 9.47 Å². The van der Waals surface area contributed by atoms with Gasteiger partial charge in [-0.2, -0.15) is 0 Å². The van der Waals surface area contributed by atoms with Crippen LogP contribution >= 0.6 is 0 Å². The first-order valence-corrected chi connectivity index (χ1v) is 9.34. The molecule has 0 aromatic carbocycles. The number of likely N-dealkylation sites (tertiary alicyclic amines) is 1. The van der Waals surface area contributed by atoms with Gasteiger partial charge in [-0.3, -0.25) is 4.79 Å². The summed E-state index contributed by atoms with van der Waals surface area (Å²) in [6.45, 7) is 5.33. The van der Waals surface area contributed by atoms with Crippen LogP contribution in [0.1, 0.15) is 32.1 Å². The molecule has 0 aliphatic carbocycles. The van der Waals surface area contributed by atoms with Gasteiger partial charge < -0.3 is 30.1 Å². The molecule has 0 saturated carbocycles. The van der Waals surface area contributed by atoms with Crippen LogP contribution in [0.4, 0.5) is 0 Å². The van der Waals surface area contributed by atoms with E-state index in [1.807, 2.05) is 0 Å². The van der Waals surface area contributed by atoms with Crippen LogP contribution in [0.2, 0.25) is 0 Å². The Labute approximate surface area is 144 Å². The molecule has 3 N–H and O–H groups in total. The third kappa shape index (κ3) is 5.39. The van der Waals surface area contributed by atoms with E-state index in [1.54, 1.807) is 0 Å². The van der Waals surface area contributed by atoms with Crippen molar-refractivity contribution in [3.63, 3.8) is 0 Å². The first-order chi connectivity index (χ1) is 11.7. The highest BCUT2D eigenvalue weighted by atomic mass is 16.5. The summed E-state index contributed by atoms with van der Waals surface area (Å²) in [6, 6.07) is 0.203. The molecule has 7 heteroatoms. The monoisotopic (exact) mass is 341 g/mol. The number of ether oxygens (including phenoxy) is 2. The van der Waals surface area contributed by atoms with Crippen LogP contribution in [0.15, 0.2) is 0 Å². The Bertz CT molecular complexity index is 403. The lowest BCUT2D eigenvalue weighted by molar-refractivity contribution is -0.137. The molecule has 3 aliphatic heterocycles. The van der Waals surface area contributed by atoms with Gasteiger partial charge in [0.2, 0.25) is 5.91 Å². The average molecular weight is 341 g/mol. The third-order valence-corrected chi connectivity index (χ3v) is 5.19. The molecule has 24 heavy (non-hydrogen) atoms. The van der Waals surface area contributed by atoms with Crippen molar-refractivity contribution in [3.05, 3.63) is 0 Å². The van der Waals surface area contributed by atoms with Crippen molar-refractivity contribution < 1.29 is 19.4 Å². The maximum atomic E-state index is 12.1. The maximum absolute atomic E-state index is 12.1. The predicted octanol–water partition coefficient (Wildman–Crippen LogP) is -0.515. The van der Waals surface area contributed by atoms with Crippen LogP contribution in [-0.2, 0) is 14.3 Å². The van der Waals surface area contributed by atoms with E-state index < -0.39 is 6.10 Å². The molecule has 3 heterocycles. The molecule has 4 atom stereocenters. The van der Waals surface area contributed by atoms with Crippen LogP contribution in [0.3, 0.4) is 0 Å². The highest BCUT2D eigenvalue weighted by Crippen LogP contribution is 2.23. The zero-order valence-electron chi connectivity index (χ0n) is 14.4. The Morgan fingerprint density at radius 2 is 2.08 bits per heavy atom. The summed E-state index contributed by atoms with van der Waals surface area (Å²) in [4.78, 5) is 14.5. The Kier molecular flexibility index (Phi) is 6.85. The largest absolute Gasteiger partial charge is 0.389 e. The van der Waals surface area contributed by atoms with Gasteiger partial charge in [0, 0.05) is 25.7 Å². The molecule has 0 radical (unpaired) electrons. The van der Waals surface area contributed by atoms with Gasteiger partial charge in [-0.15, -0.1) is 0 Å². The Balaban J connectivity index is 1.35. The van der Waals surface area contributed by atoms with E-state index in [2.05, 4.69) is 15.5 Å². The molecule has 3 rings (SSSR count). The minimum atomic E-state index is -0.454. The molecular weight excluding hydrogens is 310 g/mol. The molecule has 0 aromatic heterocycles.